The Labute approximate surface area is 136 Å². The van der Waals surface area contributed by atoms with Crippen molar-refractivity contribution in [3.05, 3.63) is 69.3 Å². The van der Waals surface area contributed by atoms with E-state index in [0.717, 1.165) is 0 Å². The summed E-state index contributed by atoms with van der Waals surface area (Å²) in [5.74, 6) is -0.788. The highest BCUT2D eigenvalue weighted by atomic mass is 35.5. The predicted molar refractivity (Wildman–Crippen MR) is 84.9 cm³/mol. The van der Waals surface area contributed by atoms with Crippen molar-refractivity contribution in [2.24, 2.45) is 0 Å². The van der Waals surface area contributed by atoms with Gasteiger partial charge in [0.15, 0.2) is 11.5 Å². The number of ketones is 2. The lowest BCUT2D eigenvalue weighted by molar-refractivity contribution is 0.0985. The number of fused-ring (bicyclic) bond motifs is 1. The summed E-state index contributed by atoms with van der Waals surface area (Å²) in [7, 11) is 0. The second kappa shape index (κ2) is 5.48. The molecule has 0 spiro atoms. The molecule has 2 aromatic carbocycles. The van der Waals surface area contributed by atoms with Gasteiger partial charge in [-0.05, 0) is 12.1 Å². The van der Waals surface area contributed by atoms with E-state index in [1.807, 2.05) is 0 Å². The first kappa shape index (κ1) is 14.6. The highest BCUT2D eigenvalue weighted by molar-refractivity contribution is 6.37. The summed E-state index contributed by atoms with van der Waals surface area (Å²) in [6.07, 6.45) is 1.24. The van der Waals surface area contributed by atoms with Crippen LogP contribution in [0.5, 0.6) is 5.75 Å². The Kier molecular flexibility index (Phi) is 3.64. The molecule has 2 aromatic rings. The van der Waals surface area contributed by atoms with Crippen LogP contribution in [0.1, 0.15) is 20.7 Å². The van der Waals surface area contributed by atoms with Crippen molar-refractivity contribution < 1.29 is 14.7 Å². The van der Waals surface area contributed by atoms with Crippen LogP contribution in [0.15, 0.2) is 48.2 Å². The van der Waals surface area contributed by atoms with Crippen molar-refractivity contribution in [2.45, 2.75) is 0 Å². The lowest BCUT2D eigenvalue weighted by atomic mass is 9.92. The summed E-state index contributed by atoms with van der Waals surface area (Å²) in [5, 5.41) is 12.4. The number of halogens is 2. The highest BCUT2D eigenvalue weighted by Crippen LogP contribution is 2.35. The molecule has 4 nitrogen and oxygen atoms in total. The van der Waals surface area contributed by atoms with Crippen LogP contribution in [-0.2, 0) is 0 Å². The largest absolute Gasteiger partial charge is 0.505 e. The molecule has 3 rings (SSSR count). The number of allylic oxidation sites excluding steroid dienone is 2. The fourth-order valence-corrected chi connectivity index (χ4v) is 2.69. The van der Waals surface area contributed by atoms with Crippen molar-refractivity contribution in [1.29, 1.82) is 0 Å². The topological polar surface area (TPSA) is 66.4 Å². The molecule has 0 heterocycles. The summed E-state index contributed by atoms with van der Waals surface area (Å²) in [6, 6.07) is 9.44. The van der Waals surface area contributed by atoms with Gasteiger partial charge in [0.25, 0.3) is 0 Å². The fraction of sp³-hybridized carbons (Fsp3) is 0. The van der Waals surface area contributed by atoms with E-state index in [9.17, 15) is 14.7 Å². The normalized spacial score (nSPS) is 13.6. The minimum absolute atomic E-state index is 0.0468. The third-order valence-electron chi connectivity index (χ3n) is 3.25. The van der Waals surface area contributed by atoms with E-state index in [2.05, 4.69) is 5.32 Å². The van der Waals surface area contributed by atoms with Gasteiger partial charge in [0.1, 0.15) is 0 Å². The van der Waals surface area contributed by atoms with Crippen LogP contribution in [0.25, 0.3) is 0 Å². The molecule has 1 aliphatic rings. The molecule has 22 heavy (non-hydrogen) atoms. The SMILES string of the molecule is O=C1C=C(Nc2cc(Cl)c(O)c(Cl)c2)C(=O)c2ccccc21. The van der Waals surface area contributed by atoms with Crippen molar-refractivity contribution in [2.75, 3.05) is 5.32 Å². The number of anilines is 1. The van der Waals surface area contributed by atoms with Gasteiger partial charge in [-0.25, -0.2) is 0 Å². The molecule has 6 heteroatoms. The Balaban J connectivity index is 1.97. The first-order valence-corrected chi connectivity index (χ1v) is 7.08. The van der Waals surface area contributed by atoms with Gasteiger partial charge in [-0.3, -0.25) is 9.59 Å². The van der Waals surface area contributed by atoms with Crippen molar-refractivity contribution >= 4 is 40.5 Å². The molecule has 110 valence electrons. The number of benzene rings is 2. The average Bonchev–Trinajstić information content (AvgIpc) is 2.50. The number of carbonyl (C=O) groups excluding carboxylic acids is 2. The highest BCUT2D eigenvalue weighted by Gasteiger charge is 2.25. The van der Waals surface area contributed by atoms with E-state index in [0.29, 0.717) is 16.8 Å². The molecule has 0 amide bonds. The van der Waals surface area contributed by atoms with Crippen LogP contribution in [0.4, 0.5) is 5.69 Å². The zero-order valence-corrected chi connectivity index (χ0v) is 12.6. The van der Waals surface area contributed by atoms with Crippen molar-refractivity contribution in [3.8, 4) is 5.75 Å². The maximum Gasteiger partial charge on any atom is 0.210 e. The number of rotatable bonds is 2. The van der Waals surface area contributed by atoms with Gasteiger partial charge < -0.3 is 10.4 Å². The summed E-state index contributed by atoms with van der Waals surface area (Å²) in [6.45, 7) is 0. The average molecular weight is 334 g/mol. The van der Waals surface area contributed by atoms with Gasteiger partial charge >= 0.3 is 0 Å². The van der Waals surface area contributed by atoms with Gasteiger partial charge in [0.2, 0.25) is 5.78 Å². The van der Waals surface area contributed by atoms with E-state index in [1.54, 1.807) is 24.3 Å². The van der Waals surface area contributed by atoms with Gasteiger partial charge in [0.05, 0.1) is 15.7 Å². The van der Waals surface area contributed by atoms with Gasteiger partial charge in [-0.15, -0.1) is 0 Å². The molecular formula is C16H9Cl2NO3. The third kappa shape index (κ3) is 2.47. The van der Waals surface area contributed by atoms with Gasteiger partial charge in [-0.2, -0.15) is 0 Å². The third-order valence-corrected chi connectivity index (χ3v) is 3.83. The predicted octanol–water partition coefficient (Wildman–Crippen LogP) is 4.07. The second-order valence-corrected chi connectivity index (χ2v) is 5.52. The van der Waals surface area contributed by atoms with E-state index >= 15 is 0 Å². The van der Waals surface area contributed by atoms with Crippen LogP contribution >= 0.6 is 23.2 Å². The van der Waals surface area contributed by atoms with Crippen molar-refractivity contribution in [3.63, 3.8) is 0 Å². The number of hydrogen-bond acceptors (Lipinski definition) is 4. The molecule has 0 aliphatic heterocycles. The molecule has 0 unspecified atom stereocenters. The minimum atomic E-state index is -0.296. The Bertz CT molecular complexity index is 820. The van der Waals surface area contributed by atoms with E-state index in [4.69, 9.17) is 23.2 Å². The zero-order chi connectivity index (χ0) is 15.9. The summed E-state index contributed by atoms with van der Waals surface area (Å²) < 4.78 is 0. The molecule has 0 bridgehead atoms. The maximum absolute atomic E-state index is 12.4. The lowest BCUT2D eigenvalue weighted by Crippen LogP contribution is -2.21. The molecule has 0 atom stereocenters. The first-order valence-electron chi connectivity index (χ1n) is 6.32. The zero-order valence-electron chi connectivity index (χ0n) is 11.1. The van der Waals surface area contributed by atoms with E-state index in [-0.39, 0.29) is 33.1 Å². The second-order valence-electron chi connectivity index (χ2n) is 4.71. The van der Waals surface area contributed by atoms with E-state index in [1.165, 1.54) is 18.2 Å². The van der Waals surface area contributed by atoms with Gasteiger partial charge in [-0.1, -0.05) is 47.5 Å². The monoisotopic (exact) mass is 333 g/mol. The number of carbonyl (C=O) groups is 2. The van der Waals surface area contributed by atoms with E-state index < -0.39 is 0 Å². The van der Waals surface area contributed by atoms with Crippen LogP contribution in [-0.4, -0.2) is 16.7 Å². The molecule has 0 radical (unpaired) electrons. The Morgan fingerprint density at radius 2 is 1.55 bits per heavy atom. The molecule has 0 saturated carbocycles. The first-order chi connectivity index (χ1) is 10.5. The standard InChI is InChI=1S/C16H9Cl2NO3/c17-11-5-8(6-12(18)16(11)22)19-13-7-14(20)9-3-1-2-4-10(9)15(13)21/h1-7,19,22H. The van der Waals surface area contributed by atoms with Crippen LogP contribution in [0.2, 0.25) is 10.0 Å². The van der Waals surface area contributed by atoms with Crippen LogP contribution in [0, 0.1) is 0 Å². The molecule has 1 aliphatic carbocycles. The molecule has 0 saturated heterocycles. The van der Waals surface area contributed by atoms with Gasteiger partial charge in [0, 0.05) is 22.9 Å². The minimum Gasteiger partial charge on any atom is -0.505 e. The smallest absolute Gasteiger partial charge is 0.210 e. The number of aromatic hydroxyl groups is 1. The van der Waals surface area contributed by atoms with Crippen LogP contribution in [0.3, 0.4) is 0 Å². The summed E-state index contributed by atoms with van der Waals surface area (Å²) >= 11 is 11.7. The number of phenolic OH excluding ortho intramolecular Hbond substituents is 1. The summed E-state index contributed by atoms with van der Waals surface area (Å²) in [5.41, 5.74) is 1.24. The molecule has 0 aromatic heterocycles. The Morgan fingerprint density at radius 3 is 2.18 bits per heavy atom. The fourth-order valence-electron chi connectivity index (χ4n) is 2.20. The van der Waals surface area contributed by atoms with Crippen LogP contribution < -0.4 is 5.32 Å². The number of hydrogen-bond donors (Lipinski definition) is 2. The molecular weight excluding hydrogens is 325 g/mol. The summed E-state index contributed by atoms with van der Waals surface area (Å²) in [4.78, 5) is 24.5. The number of Topliss-reactive ketones (excluding diaryl/α,β-unsaturated/α-hetero) is 1. The number of nitrogens with one attached hydrogen (secondary N) is 1. The Hall–Kier alpha value is -2.30. The van der Waals surface area contributed by atoms with Crippen molar-refractivity contribution in [1.82, 2.24) is 0 Å². The lowest BCUT2D eigenvalue weighted by Gasteiger charge is -2.17. The Morgan fingerprint density at radius 1 is 0.955 bits per heavy atom. The maximum atomic E-state index is 12.4. The molecule has 2 N–H and O–H groups in total. The molecule has 0 fully saturated rings. The quantitative estimate of drug-likeness (QED) is 0.813. The number of phenols is 1.